The van der Waals surface area contributed by atoms with Gasteiger partial charge in [0.05, 0.1) is 24.9 Å². The number of amides is 1. The van der Waals surface area contributed by atoms with Crippen LogP contribution in [0.5, 0.6) is 0 Å². The third-order valence-corrected chi connectivity index (χ3v) is 4.37. The molecule has 0 bridgehead atoms. The number of aromatic nitrogens is 1. The summed E-state index contributed by atoms with van der Waals surface area (Å²) < 4.78 is 11.4. The van der Waals surface area contributed by atoms with Crippen molar-refractivity contribution in [2.45, 2.75) is 45.8 Å². The Hall–Kier alpha value is -2.14. The predicted octanol–water partition coefficient (Wildman–Crippen LogP) is 3.22. The van der Waals surface area contributed by atoms with Crippen molar-refractivity contribution in [1.82, 2.24) is 9.88 Å². The summed E-state index contributed by atoms with van der Waals surface area (Å²) in [6, 6.07) is 8.24. The lowest BCUT2D eigenvalue weighted by Crippen LogP contribution is -2.50. The van der Waals surface area contributed by atoms with Crippen LogP contribution in [0.3, 0.4) is 0 Å². The maximum absolute atomic E-state index is 12.4. The van der Waals surface area contributed by atoms with Gasteiger partial charge in [0.25, 0.3) is 0 Å². The van der Waals surface area contributed by atoms with E-state index in [1.807, 2.05) is 43.0 Å². The van der Waals surface area contributed by atoms with Crippen LogP contribution in [0, 0.1) is 6.92 Å². The number of aryl methyl sites for hydroxylation is 2. The van der Waals surface area contributed by atoms with Crippen LogP contribution in [0.4, 0.5) is 0 Å². The van der Waals surface area contributed by atoms with E-state index in [1.165, 1.54) is 5.56 Å². The van der Waals surface area contributed by atoms with Gasteiger partial charge in [0.2, 0.25) is 5.91 Å². The predicted molar refractivity (Wildman–Crippen MR) is 91.6 cm³/mol. The van der Waals surface area contributed by atoms with Crippen LogP contribution in [0.2, 0.25) is 0 Å². The second kappa shape index (κ2) is 7.18. The largest absolute Gasteiger partial charge is 0.441 e. The topological polar surface area (TPSA) is 55.6 Å². The molecule has 1 aromatic carbocycles. The van der Waals surface area contributed by atoms with E-state index in [4.69, 9.17) is 9.15 Å². The standard InChI is InChI=1S/C19H24N2O3/c1-13-4-6-16(7-5-13)17-10-20-18(24-17)8-9-19(22)21-11-15(3)23-12-14(21)2/h4-7,10,14-15H,8-9,11-12H2,1-3H3/t14-,15-/m0/s1. The Morgan fingerprint density at radius 2 is 2.04 bits per heavy atom. The molecule has 5 heteroatoms. The summed E-state index contributed by atoms with van der Waals surface area (Å²) in [5, 5.41) is 0. The number of oxazole rings is 1. The van der Waals surface area contributed by atoms with E-state index in [1.54, 1.807) is 6.20 Å². The highest BCUT2D eigenvalue weighted by Crippen LogP contribution is 2.21. The zero-order valence-corrected chi connectivity index (χ0v) is 14.5. The van der Waals surface area contributed by atoms with E-state index in [9.17, 15) is 4.79 Å². The quantitative estimate of drug-likeness (QED) is 0.865. The summed E-state index contributed by atoms with van der Waals surface area (Å²) in [6.07, 6.45) is 2.75. The number of carbonyl (C=O) groups is 1. The van der Waals surface area contributed by atoms with E-state index in [0.717, 1.165) is 11.3 Å². The third kappa shape index (κ3) is 3.85. The number of morpholine rings is 1. The lowest BCUT2D eigenvalue weighted by Gasteiger charge is -2.36. The van der Waals surface area contributed by atoms with Crippen LogP contribution in [0.15, 0.2) is 34.9 Å². The molecule has 2 atom stereocenters. The number of carbonyl (C=O) groups excluding carboxylic acids is 1. The van der Waals surface area contributed by atoms with Crippen molar-refractivity contribution in [3.8, 4) is 11.3 Å². The van der Waals surface area contributed by atoms with Gasteiger partial charge in [-0.25, -0.2) is 4.98 Å². The van der Waals surface area contributed by atoms with Crippen LogP contribution >= 0.6 is 0 Å². The van der Waals surface area contributed by atoms with Gasteiger partial charge in [0.1, 0.15) is 0 Å². The monoisotopic (exact) mass is 328 g/mol. The van der Waals surface area contributed by atoms with Crippen molar-refractivity contribution < 1.29 is 13.9 Å². The number of ether oxygens (including phenoxy) is 1. The van der Waals surface area contributed by atoms with Crippen LogP contribution < -0.4 is 0 Å². The van der Waals surface area contributed by atoms with Gasteiger partial charge in [-0.1, -0.05) is 29.8 Å². The first-order valence-electron chi connectivity index (χ1n) is 8.45. The highest BCUT2D eigenvalue weighted by atomic mass is 16.5. The molecule has 1 saturated heterocycles. The molecular weight excluding hydrogens is 304 g/mol. The third-order valence-electron chi connectivity index (χ3n) is 4.37. The summed E-state index contributed by atoms with van der Waals surface area (Å²) in [6.45, 7) is 7.32. The summed E-state index contributed by atoms with van der Waals surface area (Å²) >= 11 is 0. The van der Waals surface area contributed by atoms with E-state index in [-0.39, 0.29) is 18.1 Å². The molecule has 5 nitrogen and oxygen atoms in total. The lowest BCUT2D eigenvalue weighted by molar-refractivity contribution is -0.143. The van der Waals surface area contributed by atoms with Gasteiger partial charge in [-0.2, -0.15) is 0 Å². The molecule has 0 N–H and O–H groups in total. The minimum Gasteiger partial charge on any atom is -0.441 e. The second-order valence-electron chi connectivity index (χ2n) is 6.52. The van der Waals surface area contributed by atoms with Crippen molar-refractivity contribution in [2.75, 3.05) is 13.2 Å². The van der Waals surface area contributed by atoms with E-state index in [0.29, 0.717) is 31.9 Å². The molecule has 1 aromatic heterocycles. The number of hydrogen-bond acceptors (Lipinski definition) is 4. The van der Waals surface area contributed by atoms with Gasteiger partial charge in [-0.05, 0) is 20.8 Å². The van der Waals surface area contributed by atoms with Gasteiger partial charge < -0.3 is 14.1 Å². The summed E-state index contributed by atoms with van der Waals surface area (Å²) in [4.78, 5) is 18.6. The minimum atomic E-state index is 0.0972. The average molecular weight is 328 g/mol. The van der Waals surface area contributed by atoms with Gasteiger partial charge >= 0.3 is 0 Å². The fourth-order valence-corrected chi connectivity index (χ4v) is 2.89. The second-order valence-corrected chi connectivity index (χ2v) is 6.52. The van der Waals surface area contributed by atoms with Crippen LogP contribution in [-0.4, -0.2) is 41.1 Å². The first-order valence-corrected chi connectivity index (χ1v) is 8.45. The van der Waals surface area contributed by atoms with Crippen molar-refractivity contribution in [1.29, 1.82) is 0 Å². The molecule has 0 saturated carbocycles. The van der Waals surface area contributed by atoms with Crippen molar-refractivity contribution in [3.63, 3.8) is 0 Å². The SMILES string of the molecule is Cc1ccc(-c2cnc(CCC(=O)N3C[C@H](C)OC[C@@H]3C)o2)cc1. The molecule has 0 aliphatic carbocycles. The summed E-state index contributed by atoms with van der Waals surface area (Å²) in [5.74, 6) is 1.48. The molecule has 0 spiro atoms. The Balaban J connectivity index is 1.59. The van der Waals surface area contributed by atoms with Crippen molar-refractivity contribution >= 4 is 5.91 Å². The smallest absolute Gasteiger partial charge is 0.223 e. The van der Waals surface area contributed by atoms with E-state index in [2.05, 4.69) is 11.9 Å². The highest BCUT2D eigenvalue weighted by molar-refractivity contribution is 5.76. The van der Waals surface area contributed by atoms with Crippen LogP contribution in [-0.2, 0) is 16.0 Å². The zero-order chi connectivity index (χ0) is 17.1. The highest BCUT2D eigenvalue weighted by Gasteiger charge is 2.27. The van der Waals surface area contributed by atoms with Gasteiger partial charge in [0.15, 0.2) is 11.7 Å². The van der Waals surface area contributed by atoms with Crippen LogP contribution in [0.1, 0.15) is 31.7 Å². The maximum Gasteiger partial charge on any atom is 0.223 e. The molecule has 0 unspecified atom stereocenters. The Kier molecular flexibility index (Phi) is 5.00. The number of rotatable bonds is 4. The van der Waals surface area contributed by atoms with Crippen molar-refractivity contribution in [2.24, 2.45) is 0 Å². The molecule has 3 rings (SSSR count). The summed E-state index contributed by atoms with van der Waals surface area (Å²) in [5.41, 5.74) is 2.21. The molecule has 1 fully saturated rings. The van der Waals surface area contributed by atoms with Crippen LogP contribution in [0.25, 0.3) is 11.3 Å². The average Bonchev–Trinajstić information content (AvgIpc) is 3.04. The Morgan fingerprint density at radius 3 is 2.79 bits per heavy atom. The zero-order valence-electron chi connectivity index (χ0n) is 14.5. The van der Waals surface area contributed by atoms with Gasteiger partial charge in [-0.3, -0.25) is 4.79 Å². The molecule has 2 aromatic rings. The Bertz CT molecular complexity index is 693. The Morgan fingerprint density at radius 1 is 1.29 bits per heavy atom. The van der Waals surface area contributed by atoms with E-state index >= 15 is 0 Å². The molecule has 2 heterocycles. The van der Waals surface area contributed by atoms with Gasteiger partial charge in [-0.15, -0.1) is 0 Å². The fourth-order valence-electron chi connectivity index (χ4n) is 2.89. The lowest BCUT2D eigenvalue weighted by atomic mass is 10.1. The molecule has 1 aliphatic rings. The molecule has 1 amide bonds. The van der Waals surface area contributed by atoms with E-state index < -0.39 is 0 Å². The first kappa shape index (κ1) is 16.7. The fraction of sp³-hybridized carbons (Fsp3) is 0.474. The molecule has 0 radical (unpaired) electrons. The maximum atomic E-state index is 12.4. The molecule has 1 aliphatic heterocycles. The molecule has 128 valence electrons. The normalized spacial score (nSPS) is 21.0. The molecule has 24 heavy (non-hydrogen) atoms. The minimum absolute atomic E-state index is 0.0972. The summed E-state index contributed by atoms with van der Waals surface area (Å²) in [7, 11) is 0. The number of nitrogens with zero attached hydrogens (tertiary/aromatic N) is 2. The van der Waals surface area contributed by atoms with Crippen molar-refractivity contribution in [3.05, 3.63) is 41.9 Å². The molecular formula is C19H24N2O3. The number of benzene rings is 1. The Labute approximate surface area is 142 Å². The first-order chi connectivity index (χ1) is 11.5. The number of hydrogen-bond donors (Lipinski definition) is 0. The van der Waals surface area contributed by atoms with Gasteiger partial charge in [0, 0.05) is 24.9 Å².